The molecule has 5 N–H and O–H groups in total. The number of esters is 1. The first-order valence-corrected chi connectivity index (χ1v) is 17.1. The van der Waals surface area contributed by atoms with Gasteiger partial charge in [0, 0.05) is 28.5 Å². The zero-order valence-electron chi connectivity index (χ0n) is 29.1. The third-order valence-corrected chi connectivity index (χ3v) is 8.47. The van der Waals surface area contributed by atoms with Crippen molar-refractivity contribution < 1.29 is 41.8 Å². The van der Waals surface area contributed by atoms with Crippen molar-refractivity contribution in [2.45, 2.75) is 50.4 Å². The number of aryl methyl sites for hydroxylation is 1. The van der Waals surface area contributed by atoms with Gasteiger partial charge in [-0.2, -0.15) is 28.1 Å². The number of rotatable bonds is 15. The quantitative estimate of drug-likeness (QED) is 0.0782. The third kappa shape index (κ3) is 11.0. The summed E-state index contributed by atoms with van der Waals surface area (Å²) in [7, 11) is 1.14. The monoisotopic (exact) mass is 768 g/mol. The molecule has 1 aliphatic rings. The molecule has 1 aliphatic carbocycles. The van der Waals surface area contributed by atoms with E-state index >= 15 is 0 Å². The molecule has 0 bridgehead atoms. The van der Waals surface area contributed by atoms with Crippen molar-refractivity contribution in [2.24, 2.45) is 0 Å². The topological polar surface area (TPSA) is 186 Å². The van der Waals surface area contributed by atoms with Crippen LogP contribution in [-0.4, -0.2) is 71.1 Å². The highest BCUT2D eigenvalue weighted by Gasteiger charge is 2.45. The lowest BCUT2D eigenvalue weighted by atomic mass is 10.1. The summed E-state index contributed by atoms with van der Waals surface area (Å²) in [5.74, 6) is -3.41. The standard InChI is InChI=1S/C36H36ClF3N8O6/c1-3-21-4-12-25(13-5-21)42-30(51)29(50)41-19-16-27(31(52)53-2)44-28(49)22-6-14-26(15-7-22)43-32-45-33(47-34(46-32)54-20-36(38,39)40)48-35(17-18-35)23-8-10-24(37)11-9-23/h4-15,27H,3,16-20H2,1-2H3,(H,41,50)(H,42,51)(H,44,49)(H2,43,45,46,47,48)/t27-/m0/s1. The van der Waals surface area contributed by atoms with Gasteiger partial charge in [-0.1, -0.05) is 42.8 Å². The van der Waals surface area contributed by atoms with Crippen LogP contribution in [0.25, 0.3) is 0 Å². The number of alkyl halides is 3. The molecule has 3 amide bonds. The molecule has 1 atom stereocenters. The van der Waals surface area contributed by atoms with E-state index in [9.17, 15) is 32.3 Å². The minimum Gasteiger partial charge on any atom is -0.467 e. The molecule has 0 aliphatic heterocycles. The Kier molecular flexibility index (Phi) is 12.5. The van der Waals surface area contributed by atoms with Crippen molar-refractivity contribution in [2.75, 3.05) is 36.2 Å². The van der Waals surface area contributed by atoms with Gasteiger partial charge in [0.25, 0.3) is 5.91 Å². The van der Waals surface area contributed by atoms with Crippen molar-refractivity contribution in [3.63, 3.8) is 0 Å². The normalized spacial score (nSPS) is 13.5. The number of hydrogen-bond donors (Lipinski definition) is 5. The fourth-order valence-electron chi connectivity index (χ4n) is 5.16. The van der Waals surface area contributed by atoms with Gasteiger partial charge < -0.3 is 36.1 Å². The molecule has 1 heterocycles. The summed E-state index contributed by atoms with van der Waals surface area (Å²) >= 11 is 6.03. The molecular formula is C36H36ClF3N8O6. The fraction of sp³-hybridized carbons (Fsp3) is 0.306. The minimum absolute atomic E-state index is 0.0273. The SMILES string of the molecule is CCc1ccc(NC(=O)C(=O)NCC[C@H](NC(=O)c2ccc(Nc3nc(NC4(c5ccc(Cl)cc5)CC4)nc(OCC(F)(F)F)n3)cc2)C(=O)OC)cc1. The number of halogens is 4. The Morgan fingerprint density at radius 2 is 1.52 bits per heavy atom. The van der Waals surface area contributed by atoms with Crippen LogP contribution in [0.2, 0.25) is 5.02 Å². The average Bonchev–Trinajstić information content (AvgIpc) is 3.93. The molecule has 14 nitrogen and oxygen atoms in total. The molecule has 3 aromatic carbocycles. The number of methoxy groups -OCH3 is 1. The highest BCUT2D eigenvalue weighted by atomic mass is 35.5. The highest BCUT2D eigenvalue weighted by molar-refractivity contribution is 6.39. The van der Waals surface area contributed by atoms with Gasteiger partial charge in [-0.3, -0.25) is 14.4 Å². The average molecular weight is 769 g/mol. The Balaban J connectivity index is 1.20. The number of ether oxygens (including phenoxy) is 2. The third-order valence-electron chi connectivity index (χ3n) is 8.22. The zero-order chi connectivity index (χ0) is 38.9. The second kappa shape index (κ2) is 17.2. The molecular weight excluding hydrogens is 733 g/mol. The van der Waals surface area contributed by atoms with E-state index in [2.05, 4.69) is 41.5 Å². The maximum Gasteiger partial charge on any atom is 0.422 e. The van der Waals surface area contributed by atoms with E-state index in [1.54, 1.807) is 24.3 Å². The van der Waals surface area contributed by atoms with Gasteiger partial charge in [0.1, 0.15) is 6.04 Å². The molecule has 284 valence electrons. The Hall–Kier alpha value is -5.97. The van der Waals surface area contributed by atoms with E-state index in [-0.39, 0.29) is 30.4 Å². The van der Waals surface area contributed by atoms with Crippen LogP contribution in [0.4, 0.5) is 36.4 Å². The highest BCUT2D eigenvalue weighted by Crippen LogP contribution is 2.48. The lowest BCUT2D eigenvalue weighted by molar-refractivity contribution is -0.154. The second-order valence-electron chi connectivity index (χ2n) is 12.2. The predicted molar refractivity (Wildman–Crippen MR) is 192 cm³/mol. The first-order chi connectivity index (χ1) is 25.8. The number of hydrogen-bond acceptors (Lipinski definition) is 11. The Morgan fingerprint density at radius 3 is 2.13 bits per heavy atom. The van der Waals surface area contributed by atoms with E-state index in [0.717, 1.165) is 24.7 Å². The molecule has 54 heavy (non-hydrogen) atoms. The van der Waals surface area contributed by atoms with Gasteiger partial charge in [-0.15, -0.1) is 0 Å². The number of carbonyl (C=O) groups excluding carboxylic acids is 4. The van der Waals surface area contributed by atoms with Crippen molar-refractivity contribution >= 4 is 58.6 Å². The van der Waals surface area contributed by atoms with Crippen LogP contribution in [-0.2, 0) is 31.1 Å². The first kappa shape index (κ1) is 39.2. The van der Waals surface area contributed by atoms with Crippen LogP contribution in [0.5, 0.6) is 6.01 Å². The molecule has 1 saturated carbocycles. The number of carbonyl (C=O) groups is 4. The van der Waals surface area contributed by atoms with Crippen molar-refractivity contribution in [1.82, 2.24) is 25.6 Å². The van der Waals surface area contributed by atoms with Gasteiger partial charge in [-0.25, -0.2) is 4.79 Å². The van der Waals surface area contributed by atoms with E-state index in [0.29, 0.717) is 29.2 Å². The maximum absolute atomic E-state index is 13.1. The van der Waals surface area contributed by atoms with Crippen LogP contribution in [0.15, 0.2) is 72.8 Å². The van der Waals surface area contributed by atoms with Crippen LogP contribution in [0.1, 0.15) is 47.7 Å². The summed E-state index contributed by atoms with van der Waals surface area (Å²) in [4.78, 5) is 62.5. The lowest BCUT2D eigenvalue weighted by Crippen LogP contribution is -2.44. The first-order valence-electron chi connectivity index (χ1n) is 16.7. The number of nitrogens with one attached hydrogen (secondary N) is 5. The number of amides is 3. The van der Waals surface area contributed by atoms with Crippen molar-refractivity contribution in [1.29, 1.82) is 0 Å². The van der Waals surface area contributed by atoms with Gasteiger partial charge in [-0.05, 0) is 85.3 Å². The van der Waals surface area contributed by atoms with E-state index in [4.69, 9.17) is 21.1 Å². The van der Waals surface area contributed by atoms with Gasteiger partial charge in [0.2, 0.25) is 11.9 Å². The number of nitrogens with zero attached hydrogens (tertiary/aromatic N) is 3. The molecule has 4 aromatic rings. The Labute approximate surface area is 312 Å². The summed E-state index contributed by atoms with van der Waals surface area (Å²) in [5, 5.41) is 14.1. The van der Waals surface area contributed by atoms with Crippen LogP contribution < -0.4 is 31.3 Å². The van der Waals surface area contributed by atoms with Crippen molar-refractivity contribution in [3.8, 4) is 6.01 Å². The number of benzene rings is 3. The lowest BCUT2D eigenvalue weighted by Gasteiger charge is -2.19. The summed E-state index contributed by atoms with van der Waals surface area (Å²) in [6, 6.07) is 18.2. The van der Waals surface area contributed by atoms with E-state index < -0.39 is 54.1 Å². The molecule has 0 spiro atoms. The Bertz CT molecular complexity index is 1960. The maximum atomic E-state index is 13.1. The summed E-state index contributed by atoms with van der Waals surface area (Å²) in [6.07, 6.45) is -2.48. The smallest absolute Gasteiger partial charge is 0.422 e. The molecule has 1 fully saturated rings. The van der Waals surface area contributed by atoms with E-state index in [1.165, 1.54) is 24.3 Å². The fourth-order valence-corrected chi connectivity index (χ4v) is 5.29. The summed E-state index contributed by atoms with van der Waals surface area (Å²) in [5.41, 5.74) is 2.34. The van der Waals surface area contributed by atoms with Crippen molar-refractivity contribution in [3.05, 3.63) is 94.5 Å². The van der Waals surface area contributed by atoms with Crippen LogP contribution in [0, 0.1) is 0 Å². The Morgan fingerprint density at radius 1 is 0.870 bits per heavy atom. The molecule has 1 aromatic heterocycles. The minimum atomic E-state index is -4.63. The van der Waals surface area contributed by atoms with Gasteiger partial charge in [0.15, 0.2) is 6.61 Å². The van der Waals surface area contributed by atoms with Gasteiger partial charge in [0.05, 0.1) is 12.6 Å². The van der Waals surface area contributed by atoms with Crippen LogP contribution >= 0.6 is 11.6 Å². The van der Waals surface area contributed by atoms with Gasteiger partial charge >= 0.3 is 30.0 Å². The summed E-state index contributed by atoms with van der Waals surface area (Å²) < 4.78 is 48.5. The molecule has 0 saturated heterocycles. The van der Waals surface area contributed by atoms with E-state index in [1.807, 2.05) is 31.2 Å². The summed E-state index contributed by atoms with van der Waals surface area (Å²) in [6.45, 7) is 0.232. The number of anilines is 4. The van der Waals surface area contributed by atoms with Crippen LogP contribution in [0.3, 0.4) is 0 Å². The molecule has 18 heteroatoms. The second-order valence-corrected chi connectivity index (χ2v) is 12.6. The molecule has 0 radical (unpaired) electrons. The largest absolute Gasteiger partial charge is 0.467 e. The predicted octanol–water partition coefficient (Wildman–Crippen LogP) is 5.29. The number of aromatic nitrogens is 3. The zero-order valence-corrected chi connectivity index (χ0v) is 29.8. The molecule has 0 unspecified atom stereocenters. The molecule has 5 rings (SSSR count).